The smallest absolute Gasteiger partial charge is 0.0717 e. The van der Waals surface area contributed by atoms with Crippen molar-refractivity contribution in [2.45, 2.75) is 6.92 Å². The molecule has 1 rings (SSSR count). The Morgan fingerprint density at radius 1 is 1.70 bits per heavy atom. The molecule has 2 heteroatoms. The van der Waals surface area contributed by atoms with E-state index in [0.29, 0.717) is 5.92 Å². The fourth-order valence-corrected chi connectivity index (χ4v) is 1.33. The molecule has 52 valence electrons. The highest BCUT2D eigenvalue weighted by molar-refractivity contribution is 9.11. The fourth-order valence-electron chi connectivity index (χ4n) is 0.897. The van der Waals surface area contributed by atoms with Crippen molar-refractivity contribution >= 4 is 15.9 Å². The fraction of sp³-hybridized carbons (Fsp3) is 0.375. The van der Waals surface area contributed by atoms with E-state index >= 15 is 0 Å². The topological polar surface area (TPSA) is 23.8 Å². The number of nitrogens with zero attached hydrogens (tertiary/aromatic N) is 1. The first-order chi connectivity index (χ1) is 4.74. The maximum Gasteiger partial charge on any atom is 0.0717 e. The van der Waals surface area contributed by atoms with Crippen molar-refractivity contribution in [1.29, 1.82) is 5.26 Å². The van der Waals surface area contributed by atoms with Gasteiger partial charge in [0.1, 0.15) is 0 Å². The van der Waals surface area contributed by atoms with Gasteiger partial charge in [-0.1, -0.05) is 41.1 Å². The first-order valence-corrected chi connectivity index (χ1v) is 3.98. The molecule has 1 aliphatic rings. The first-order valence-electron chi connectivity index (χ1n) is 3.19. The minimum absolute atomic E-state index is 0.0411. The maximum atomic E-state index is 8.63. The second-order valence-electron chi connectivity index (χ2n) is 2.42. The van der Waals surface area contributed by atoms with Crippen LogP contribution in [0.2, 0.25) is 0 Å². The second-order valence-corrected chi connectivity index (χ2v) is 3.34. The standard InChI is InChI=1S/C8H8BrN/c1-6-2-3-8(9)4-7(6)5-10/h2-4,6-7H,1H3. The van der Waals surface area contributed by atoms with Gasteiger partial charge in [-0.3, -0.25) is 0 Å². The zero-order valence-corrected chi connectivity index (χ0v) is 7.30. The van der Waals surface area contributed by atoms with E-state index in [0.717, 1.165) is 4.48 Å². The highest BCUT2D eigenvalue weighted by atomic mass is 79.9. The molecule has 2 unspecified atom stereocenters. The van der Waals surface area contributed by atoms with Crippen molar-refractivity contribution in [1.82, 2.24) is 0 Å². The molecule has 2 atom stereocenters. The van der Waals surface area contributed by atoms with E-state index in [-0.39, 0.29) is 5.92 Å². The molecule has 0 aromatic carbocycles. The molecule has 1 nitrogen and oxygen atoms in total. The van der Waals surface area contributed by atoms with Crippen LogP contribution in [0.4, 0.5) is 0 Å². The summed E-state index contributed by atoms with van der Waals surface area (Å²) >= 11 is 3.32. The summed E-state index contributed by atoms with van der Waals surface area (Å²) in [5.41, 5.74) is 0. The van der Waals surface area contributed by atoms with E-state index in [1.807, 2.05) is 25.2 Å². The molecule has 0 aromatic heterocycles. The van der Waals surface area contributed by atoms with Crippen LogP contribution in [-0.4, -0.2) is 0 Å². The molecule has 0 saturated heterocycles. The summed E-state index contributed by atoms with van der Waals surface area (Å²) in [5, 5.41) is 8.63. The third-order valence-electron chi connectivity index (χ3n) is 1.61. The molecule has 0 saturated carbocycles. The minimum Gasteiger partial charge on any atom is -0.198 e. The van der Waals surface area contributed by atoms with Gasteiger partial charge in [-0.2, -0.15) is 5.26 Å². The zero-order chi connectivity index (χ0) is 7.56. The van der Waals surface area contributed by atoms with Crippen LogP contribution in [-0.2, 0) is 0 Å². The van der Waals surface area contributed by atoms with Gasteiger partial charge in [0.05, 0.1) is 12.0 Å². The van der Waals surface area contributed by atoms with Crippen molar-refractivity contribution < 1.29 is 0 Å². The van der Waals surface area contributed by atoms with Crippen molar-refractivity contribution in [3.8, 4) is 6.07 Å². The number of hydrogen-bond acceptors (Lipinski definition) is 1. The van der Waals surface area contributed by atoms with Crippen LogP contribution in [0.1, 0.15) is 6.92 Å². The molecular formula is C8H8BrN. The lowest BCUT2D eigenvalue weighted by atomic mass is 9.92. The molecule has 0 amide bonds. The molecule has 1 aliphatic carbocycles. The van der Waals surface area contributed by atoms with Gasteiger partial charge in [-0.15, -0.1) is 0 Å². The summed E-state index contributed by atoms with van der Waals surface area (Å²) in [6.07, 6.45) is 5.96. The van der Waals surface area contributed by atoms with Crippen LogP contribution in [0.5, 0.6) is 0 Å². The molecule has 0 heterocycles. The number of halogens is 1. The Labute approximate surface area is 69.2 Å². The molecule has 0 spiro atoms. The van der Waals surface area contributed by atoms with Crippen LogP contribution in [0.3, 0.4) is 0 Å². The molecule has 0 aliphatic heterocycles. The predicted molar refractivity (Wildman–Crippen MR) is 44.4 cm³/mol. The van der Waals surface area contributed by atoms with E-state index < -0.39 is 0 Å². The Hall–Kier alpha value is -0.550. The summed E-state index contributed by atoms with van der Waals surface area (Å²) < 4.78 is 1.01. The number of rotatable bonds is 0. The first kappa shape index (κ1) is 7.56. The second kappa shape index (κ2) is 3.03. The molecule has 0 N–H and O–H groups in total. The summed E-state index contributed by atoms with van der Waals surface area (Å²) in [6.45, 7) is 2.04. The Balaban J connectivity index is 2.79. The van der Waals surface area contributed by atoms with Crippen LogP contribution < -0.4 is 0 Å². The van der Waals surface area contributed by atoms with Gasteiger partial charge in [-0.05, 0) is 5.92 Å². The predicted octanol–water partition coefficient (Wildman–Crippen LogP) is 2.61. The molecule has 0 aromatic rings. The number of allylic oxidation sites excluding steroid dienone is 4. The largest absolute Gasteiger partial charge is 0.198 e. The van der Waals surface area contributed by atoms with Gasteiger partial charge in [0.2, 0.25) is 0 Å². The van der Waals surface area contributed by atoms with E-state index in [9.17, 15) is 0 Å². The quantitative estimate of drug-likeness (QED) is 0.586. The van der Waals surface area contributed by atoms with Crippen LogP contribution in [0.15, 0.2) is 22.7 Å². The summed E-state index contributed by atoms with van der Waals surface area (Å²) in [4.78, 5) is 0. The Morgan fingerprint density at radius 2 is 2.40 bits per heavy atom. The van der Waals surface area contributed by atoms with Gasteiger partial charge in [0.25, 0.3) is 0 Å². The van der Waals surface area contributed by atoms with E-state index in [4.69, 9.17) is 5.26 Å². The molecule has 0 radical (unpaired) electrons. The lowest BCUT2D eigenvalue weighted by Crippen LogP contribution is -2.06. The van der Waals surface area contributed by atoms with Crippen LogP contribution in [0, 0.1) is 23.2 Å². The molecular weight excluding hydrogens is 190 g/mol. The van der Waals surface area contributed by atoms with Crippen molar-refractivity contribution in [2.75, 3.05) is 0 Å². The molecule has 0 bridgehead atoms. The highest BCUT2D eigenvalue weighted by Gasteiger charge is 2.14. The van der Waals surface area contributed by atoms with Crippen molar-refractivity contribution in [2.24, 2.45) is 11.8 Å². The van der Waals surface area contributed by atoms with Gasteiger partial charge < -0.3 is 0 Å². The zero-order valence-electron chi connectivity index (χ0n) is 5.71. The average Bonchev–Trinajstić information content (AvgIpc) is 1.94. The van der Waals surface area contributed by atoms with Crippen molar-refractivity contribution in [3.05, 3.63) is 22.7 Å². The summed E-state index contributed by atoms with van der Waals surface area (Å²) in [7, 11) is 0. The summed E-state index contributed by atoms with van der Waals surface area (Å²) in [5.74, 6) is 0.394. The maximum absolute atomic E-state index is 8.63. The Bertz CT molecular complexity index is 222. The van der Waals surface area contributed by atoms with Gasteiger partial charge in [-0.25, -0.2) is 0 Å². The Kier molecular flexibility index (Phi) is 2.29. The van der Waals surface area contributed by atoms with E-state index in [2.05, 4.69) is 22.0 Å². The third kappa shape index (κ3) is 1.48. The number of nitriles is 1. The third-order valence-corrected chi connectivity index (χ3v) is 2.14. The van der Waals surface area contributed by atoms with Crippen LogP contribution >= 0.6 is 15.9 Å². The lowest BCUT2D eigenvalue weighted by molar-refractivity contribution is 0.616. The van der Waals surface area contributed by atoms with E-state index in [1.54, 1.807) is 0 Å². The summed E-state index contributed by atoms with van der Waals surface area (Å²) in [6, 6.07) is 2.23. The lowest BCUT2D eigenvalue weighted by Gasteiger charge is -2.13. The minimum atomic E-state index is 0.0411. The molecule has 0 fully saturated rings. The van der Waals surface area contributed by atoms with Gasteiger partial charge >= 0.3 is 0 Å². The molecule has 10 heavy (non-hydrogen) atoms. The average molecular weight is 198 g/mol. The van der Waals surface area contributed by atoms with Crippen molar-refractivity contribution in [3.63, 3.8) is 0 Å². The Morgan fingerprint density at radius 3 is 2.90 bits per heavy atom. The SMILES string of the molecule is CC1C=CC(Br)=CC1C#N. The van der Waals surface area contributed by atoms with E-state index in [1.165, 1.54) is 0 Å². The normalized spacial score (nSPS) is 31.1. The highest BCUT2D eigenvalue weighted by Crippen LogP contribution is 2.24. The van der Waals surface area contributed by atoms with Crippen LogP contribution in [0.25, 0.3) is 0 Å². The number of hydrogen-bond donors (Lipinski definition) is 0. The van der Waals surface area contributed by atoms with Gasteiger partial charge in [0, 0.05) is 4.48 Å². The monoisotopic (exact) mass is 197 g/mol. The van der Waals surface area contributed by atoms with Gasteiger partial charge in [0.15, 0.2) is 0 Å².